The van der Waals surface area contributed by atoms with Crippen LogP contribution in [0.1, 0.15) is 41.5 Å². The molecule has 0 bridgehead atoms. The molecule has 0 unspecified atom stereocenters. The van der Waals surface area contributed by atoms with Gasteiger partial charge in [0, 0.05) is 18.0 Å². The van der Waals surface area contributed by atoms with Crippen LogP contribution in [0.15, 0.2) is 36.7 Å². The maximum atomic E-state index is 12.5. The number of nitrogens with zero attached hydrogens (tertiary/aromatic N) is 1. The Morgan fingerprint density at radius 2 is 1.44 bits per heavy atom. The number of hydrazine groups is 1. The lowest BCUT2D eigenvalue weighted by Gasteiger charge is -2.17. The largest absolute Gasteiger partial charge is 0.490 e. The van der Waals surface area contributed by atoms with Gasteiger partial charge in [-0.05, 0) is 45.0 Å². The summed E-state index contributed by atoms with van der Waals surface area (Å²) in [5, 5.41) is 0. The minimum absolute atomic E-state index is 0.261. The van der Waals surface area contributed by atoms with Gasteiger partial charge in [-0.1, -0.05) is 0 Å². The van der Waals surface area contributed by atoms with Crippen molar-refractivity contribution >= 4 is 11.8 Å². The van der Waals surface area contributed by atoms with E-state index in [0.717, 1.165) is 0 Å². The SMILES string of the molecule is CCOc1cc(C(=O)NNC(=O)c2cccnc2)cc(OCC)c1OCC. The van der Waals surface area contributed by atoms with Gasteiger partial charge >= 0.3 is 0 Å². The first-order chi connectivity index (χ1) is 13.1. The third-order valence-electron chi connectivity index (χ3n) is 3.38. The number of aromatic nitrogens is 1. The zero-order valence-corrected chi connectivity index (χ0v) is 15.6. The molecule has 1 heterocycles. The van der Waals surface area contributed by atoms with Gasteiger partial charge in [-0.3, -0.25) is 25.4 Å². The third kappa shape index (κ3) is 5.34. The molecule has 2 aromatic rings. The van der Waals surface area contributed by atoms with Crippen LogP contribution in [0.2, 0.25) is 0 Å². The minimum Gasteiger partial charge on any atom is -0.490 e. The Hall–Kier alpha value is -3.29. The van der Waals surface area contributed by atoms with E-state index in [0.29, 0.717) is 42.6 Å². The summed E-state index contributed by atoms with van der Waals surface area (Å²) in [7, 11) is 0. The maximum absolute atomic E-state index is 12.5. The molecule has 0 aliphatic carbocycles. The molecule has 8 heteroatoms. The molecule has 8 nitrogen and oxygen atoms in total. The standard InChI is InChI=1S/C19H23N3O5/c1-4-25-15-10-14(11-16(26-5-2)17(15)27-6-3)19(24)22-21-18(23)13-8-7-9-20-12-13/h7-12H,4-6H2,1-3H3,(H,21,23)(H,22,24). The van der Waals surface area contributed by atoms with Crippen LogP contribution in [-0.4, -0.2) is 36.6 Å². The summed E-state index contributed by atoms with van der Waals surface area (Å²) in [6.45, 7) is 6.73. The molecular formula is C19H23N3O5. The summed E-state index contributed by atoms with van der Waals surface area (Å²) >= 11 is 0. The summed E-state index contributed by atoms with van der Waals surface area (Å²) in [5.41, 5.74) is 5.31. The van der Waals surface area contributed by atoms with Gasteiger partial charge in [0.1, 0.15) is 0 Å². The van der Waals surface area contributed by atoms with Crippen LogP contribution in [0, 0.1) is 0 Å². The minimum atomic E-state index is -0.516. The van der Waals surface area contributed by atoms with Crippen LogP contribution >= 0.6 is 0 Å². The van der Waals surface area contributed by atoms with E-state index in [9.17, 15) is 9.59 Å². The Labute approximate surface area is 157 Å². The topological polar surface area (TPSA) is 98.8 Å². The molecule has 0 aliphatic rings. The van der Waals surface area contributed by atoms with Crippen molar-refractivity contribution in [2.45, 2.75) is 20.8 Å². The summed E-state index contributed by atoms with van der Waals surface area (Å²) in [6, 6.07) is 6.31. The van der Waals surface area contributed by atoms with Gasteiger partial charge in [-0.2, -0.15) is 0 Å². The van der Waals surface area contributed by atoms with Crippen molar-refractivity contribution < 1.29 is 23.8 Å². The summed E-state index contributed by atoms with van der Waals surface area (Å²) in [6.07, 6.45) is 2.96. The Morgan fingerprint density at radius 1 is 0.889 bits per heavy atom. The predicted octanol–water partition coefficient (Wildman–Crippen LogP) is 2.35. The van der Waals surface area contributed by atoms with Crippen molar-refractivity contribution in [2.75, 3.05) is 19.8 Å². The van der Waals surface area contributed by atoms with Gasteiger partial charge in [0.2, 0.25) is 5.75 Å². The maximum Gasteiger partial charge on any atom is 0.271 e. The second-order valence-electron chi connectivity index (χ2n) is 5.25. The molecule has 1 aromatic heterocycles. The Bertz CT molecular complexity index is 753. The van der Waals surface area contributed by atoms with Gasteiger partial charge in [0.05, 0.1) is 25.4 Å². The molecule has 0 atom stereocenters. The summed E-state index contributed by atoms with van der Waals surface area (Å²) < 4.78 is 16.8. The van der Waals surface area contributed by atoms with Gasteiger partial charge in [-0.15, -0.1) is 0 Å². The van der Waals surface area contributed by atoms with E-state index < -0.39 is 11.8 Å². The Balaban J connectivity index is 2.20. The van der Waals surface area contributed by atoms with Crippen molar-refractivity contribution in [1.82, 2.24) is 15.8 Å². The smallest absolute Gasteiger partial charge is 0.271 e. The number of nitrogens with one attached hydrogen (secondary N) is 2. The quantitative estimate of drug-likeness (QED) is 0.689. The third-order valence-corrected chi connectivity index (χ3v) is 3.38. The molecule has 0 aliphatic heterocycles. The number of carbonyl (C=O) groups is 2. The molecule has 0 saturated carbocycles. The lowest BCUT2D eigenvalue weighted by molar-refractivity contribution is 0.0846. The monoisotopic (exact) mass is 373 g/mol. The first-order valence-electron chi connectivity index (χ1n) is 8.67. The average molecular weight is 373 g/mol. The van der Waals surface area contributed by atoms with Crippen LogP contribution in [0.3, 0.4) is 0 Å². The first-order valence-corrected chi connectivity index (χ1v) is 8.67. The number of hydrogen-bond donors (Lipinski definition) is 2. The number of benzene rings is 1. The molecule has 2 rings (SSSR count). The summed E-state index contributed by atoms with van der Waals surface area (Å²) in [4.78, 5) is 28.4. The highest BCUT2D eigenvalue weighted by atomic mass is 16.5. The van der Waals surface area contributed by atoms with E-state index >= 15 is 0 Å². The molecule has 0 spiro atoms. The van der Waals surface area contributed by atoms with Crippen LogP contribution in [0.5, 0.6) is 17.2 Å². The van der Waals surface area contributed by atoms with E-state index in [2.05, 4.69) is 15.8 Å². The average Bonchev–Trinajstić information content (AvgIpc) is 2.69. The van der Waals surface area contributed by atoms with Crippen LogP contribution < -0.4 is 25.1 Å². The van der Waals surface area contributed by atoms with Crippen molar-refractivity contribution in [3.05, 3.63) is 47.8 Å². The fourth-order valence-electron chi connectivity index (χ4n) is 2.27. The Kier molecular flexibility index (Phi) is 7.42. The van der Waals surface area contributed by atoms with Crippen LogP contribution in [0.25, 0.3) is 0 Å². The van der Waals surface area contributed by atoms with Crippen molar-refractivity contribution in [3.63, 3.8) is 0 Å². The molecule has 2 amide bonds. The number of rotatable bonds is 8. The second-order valence-corrected chi connectivity index (χ2v) is 5.25. The highest BCUT2D eigenvalue weighted by Gasteiger charge is 2.18. The molecular weight excluding hydrogens is 350 g/mol. The van der Waals surface area contributed by atoms with Gasteiger partial charge in [0.15, 0.2) is 11.5 Å². The van der Waals surface area contributed by atoms with E-state index in [1.165, 1.54) is 6.20 Å². The normalized spacial score (nSPS) is 10.0. The van der Waals surface area contributed by atoms with Crippen molar-refractivity contribution in [3.8, 4) is 17.2 Å². The van der Waals surface area contributed by atoms with Crippen LogP contribution in [0.4, 0.5) is 0 Å². The molecule has 27 heavy (non-hydrogen) atoms. The molecule has 0 radical (unpaired) electrons. The molecule has 2 N–H and O–H groups in total. The lowest BCUT2D eigenvalue weighted by atomic mass is 10.1. The highest BCUT2D eigenvalue weighted by molar-refractivity contribution is 5.99. The second kappa shape index (κ2) is 10.0. The van der Waals surface area contributed by atoms with E-state index in [-0.39, 0.29) is 5.56 Å². The number of amides is 2. The molecule has 0 fully saturated rings. The van der Waals surface area contributed by atoms with E-state index in [4.69, 9.17) is 14.2 Å². The number of pyridine rings is 1. The van der Waals surface area contributed by atoms with E-state index in [1.807, 2.05) is 20.8 Å². The zero-order chi connectivity index (χ0) is 19.6. The van der Waals surface area contributed by atoms with Gasteiger partial charge in [0.25, 0.3) is 11.8 Å². The lowest BCUT2D eigenvalue weighted by Crippen LogP contribution is -2.41. The predicted molar refractivity (Wildman–Crippen MR) is 99.1 cm³/mol. The Morgan fingerprint density at radius 3 is 1.93 bits per heavy atom. The fraction of sp³-hybridized carbons (Fsp3) is 0.316. The highest BCUT2D eigenvalue weighted by Crippen LogP contribution is 2.39. The molecule has 1 aromatic carbocycles. The number of ether oxygens (including phenoxy) is 3. The van der Waals surface area contributed by atoms with Crippen LogP contribution in [-0.2, 0) is 0 Å². The molecule has 0 saturated heterocycles. The fourth-order valence-corrected chi connectivity index (χ4v) is 2.27. The number of carbonyl (C=O) groups excluding carboxylic acids is 2. The van der Waals surface area contributed by atoms with Crippen molar-refractivity contribution in [2.24, 2.45) is 0 Å². The van der Waals surface area contributed by atoms with Gasteiger partial charge in [-0.25, -0.2) is 0 Å². The molecule has 144 valence electrons. The number of hydrogen-bond acceptors (Lipinski definition) is 6. The zero-order valence-electron chi connectivity index (χ0n) is 15.6. The van der Waals surface area contributed by atoms with Gasteiger partial charge < -0.3 is 14.2 Å². The summed E-state index contributed by atoms with van der Waals surface area (Å²) in [5.74, 6) is 0.245. The first kappa shape index (κ1) is 20.0. The van der Waals surface area contributed by atoms with Crippen molar-refractivity contribution in [1.29, 1.82) is 0 Å². The van der Waals surface area contributed by atoms with E-state index in [1.54, 1.807) is 30.5 Å².